The zero-order chi connectivity index (χ0) is 19.4. The highest BCUT2D eigenvalue weighted by atomic mass is 16.6. The Morgan fingerprint density at radius 1 is 1.46 bits per heavy atom. The Balaban J connectivity index is 2.45. The summed E-state index contributed by atoms with van der Waals surface area (Å²) in [6, 6.07) is 0. The van der Waals surface area contributed by atoms with Crippen LogP contribution >= 0.6 is 0 Å². The second kappa shape index (κ2) is 8.64. The lowest BCUT2D eigenvalue weighted by Gasteiger charge is -2.38. The molecule has 6 heteroatoms. The van der Waals surface area contributed by atoms with Crippen LogP contribution in [0.1, 0.15) is 40.0 Å². The van der Waals surface area contributed by atoms with Crippen molar-refractivity contribution in [3.63, 3.8) is 0 Å². The quantitative estimate of drug-likeness (QED) is 0.408. The summed E-state index contributed by atoms with van der Waals surface area (Å²) in [4.78, 5) is 24.4. The molecule has 6 nitrogen and oxygen atoms in total. The largest absolute Gasteiger partial charge is 0.458 e. The maximum absolute atomic E-state index is 12.4. The molecule has 0 radical (unpaired) electrons. The molecule has 1 aliphatic heterocycles. The Bertz CT molecular complexity index is 645. The first kappa shape index (κ1) is 20.4. The molecule has 0 spiro atoms. The predicted octanol–water partition coefficient (Wildman–Crippen LogP) is 2.06. The van der Waals surface area contributed by atoms with E-state index in [0.717, 1.165) is 11.1 Å². The molecule has 2 aliphatic rings. The molecule has 1 fully saturated rings. The van der Waals surface area contributed by atoms with Gasteiger partial charge in [0.25, 0.3) is 0 Å². The normalized spacial score (nSPS) is 27.3. The van der Waals surface area contributed by atoms with Gasteiger partial charge in [-0.3, -0.25) is 0 Å². The molecule has 144 valence electrons. The Labute approximate surface area is 154 Å². The van der Waals surface area contributed by atoms with E-state index in [1.807, 2.05) is 6.92 Å². The smallest absolute Gasteiger partial charge is 0.334 e. The Hall–Kier alpha value is -1.92. The van der Waals surface area contributed by atoms with Crippen molar-refractivity contribution in [2.24, 2.45) is 11.8 Å². The number of esters is 2. The first-order valence-corrected chi connectivity index (χ1v) is 9.02. The molecular weight excluding hydrogens is 336 g/mol. The summed E-state index contributed by atoms with van der Waals surface area (Å²) in [7, 11) is 0. The summed E-state index contributed by atoms with van der Waals surface area (Å²) in [6.45, 7) is 9.11. The predicted molar refractivity (Wildman–Crippen MR) is 96.0 cm³/mol. The number of hydrogen-bond donors (Lipinski definition) is 2. The van der Waals surface area contributed by atoms with Gasteiger partial charge in [-0.05, 0) is 43.8 Å². The van der Waals surface area contributed by atoms with E-state index >= 15 is 0 Å². The lowest BCUT2D eigenvalue weighted by molar-refractivity contribution is -0.147. The van der Waals surface area contributed by atoms with Crippen LogP contribution in [0.3, 0.4) is 0 Å². The van der Waals surface area contributed by atoms with Crippen LogP contribution in [0.25, 0.3) is 0 Å². The van der Waals surface area contributed by atoms with Crippen LogP contribution in [0.5, 0.6) is 0 Å². The van der Waals surface area contributed by atoms with Crippen molar-refractivity contribution in [1.82, 2.24) is 0 Å². The third kappa shape index (κ3) is 3.91. The van der Waals surface area contributed by atoms with E-state index < -0.39 is 30.1 Å². The number of aliphatic hydroxyl groups excluding tert-OH is 2. The van der Waals surface area contributed by atoms with Gasteiger partial charge in [0.05, 0.1) is 12.5 Å². The fourth-order valence-corrected chi connectivity index (χ4v) is 3.75. The highest BCUT2D eigenvalue weighted by Gasteiger charge is 2.50. The van der Waals surface area contributed by atoms with Crippen LogP contribution in [0.15, 0.2) is 34.9 Å². The van der Waals surface area contributed by atoms with Crippen LogP contribution in [0, 0.1) is 11.8 Å². The number of carbonyl (C=O) groups is 2. The number of rotatable bonds is 7. The van der Waals surface area contributed by atoms with E-state index in [1.165, 1.54) is 0 Å². The van der Waals surface area contributed by atoms with Crippen LogP contribution in [-0.4, -0.2) is 47.6 Å². The van der Waals surface area contributed by atoms with E-state index in [1.54, 1.807) is 19.9 Å². The van der Waals surface area contributed by atoms with E-state index in [2.05, 4.69) is 6.58 Å². The minimum absolute atomic E-state index is 0.0162. The molecular formula is C20H28O6. The second-order valence-electron chi connectivity index (χ2n) is 6.98. The molecule has 0 unspecified atom stereocenters. The van der Waals surface area contributed by atoms with Gasteiger partial charge in [-0.15, -0.1) is 0 Å². The second-order valence-corrected chi connectivity index (χ2v) is 6.98. The molecule has 1 saturated heterocycles. The van der Waals surface area contributed by atoms with Gasteiger partial charge in [0.2, 0.25) is 0 Å². The maximum atomic E-state index is 12.4. The summed E-state index contributed by atoms with van der Waals surface area (Å²) >= 11 is 0. The molecule has 2 rings (SSSR count). The van der Waals surface area contributed by atoms with Gasteiger partial charge < -0.3 is 19.7 Å². The average Bonchev–Trinajstić information content (AvgIpc) is 2.92. The van der Waals surface area contributed by atoms with Gasteiger partial charge in [-0.1, -0.05) is 19.6 Å². The molecule has 1 aliphatic carbocycles. The Morgan fingerprint density at radius 2 is 2.15 bits per heavy atom. The first-order valence-electron chi connectivity index (χ1n) is 9.02. The summed E-state index contributed by atoms with van der Waals surface area (Å²) in [5.41, 5.74) is 2.32. The van der Waals surface area contributed by atoms with Crippen LogP contribution < -0.4 is 0 Å². The Kier molecular flexibility index (Phi) is 6.78. The molecule has 1 heterocycles. The fraction of sp³-hybridized carbons (Fsp3) is 0.600. The number of ether oxygens (including phenoxy) is 2. The van der Waals surface area contributed by atoms with Crippen molar-refractivity contribution in [3.8, 4) is 0 Å². The SMILES string of the molecule is C=C1C(=O)O[C@@H]2CC(CO)=C([C@H](C)CCCO)[C@@H](OC(=O)/C(C)=C\C)[C@H]12. The zero-order valence-electron chi connectivity index (χ0n) is 15.7. The maximum Gasteiger partial charge on any atom is 0.334 e. The number of allylic oxidation sites excluding steroid dienone is 1. The number of fused-ring (bicyclic) bond motifs is 1. The molecule has 0 aromatic rings. The summed E-state index contributed by atoms with van der Waals surface area (Å²) in [5, 5.41) is 19.0. The molecule has 0 saturated carbocycles. The molecule has 0 aromatic carbocycles. The fourth-order valence-electron chi connectivity index (χ4n) is 3.75. The number of hydrogen-bond acceptors (Lipinski definition) is 6. The average molecular weight is 364 g/mol. The third-order valence-electron chi connectivity index (χ3n) is 5.32. The molecule has 4 atom stereocenters. The van der Waals surface area contributed by atoms with Crippen LogP contribution in [0.2, 0.25) is 0 Å². The van der Waals surface area contributed by atoms with E-state index in [-0.39, 0.29) is 19.1 Å². The number of carbonyl (C=O) groups excluding carboxylic acids is 2. The van der Waals surface area contributed by atoms with Gasteiger partial charge in [0.15, 0.2) is 0 Å². The van der Waals surface area contributed by atoms with E-state index in [9.17, 15) is 14.7 Å². The monoisotopic (exact) mass is 364 g/mol. The third-order valence-corrected chi connectivity index (χ3v) is 5.32. The van der Waals surface area contributed by atoms with E-state index in [4.69, 9.17) is 14.6 Å². The van der Waals surface area contributed by atoms with Crippen LogP contribution in [0.4, 0.5) is 0 Å². The van der Waals surface area contributed by atoms with Crippen molar-refractivity contribution in [3.05, 3.63) is 34.9 Å². The zero-order valence-corrected chi connectivity index (χ0v) is 15.7. The Morgan fingerprint density at radius 3 is 2.73 bits per heavy atom. The summed E-state index contributed by atoms with van der Waals surface area (Å²) in [6.07, 6.45) is 2.17. The van der Waals surface area contributed by atoms with Gasteiger partial charge in [-0.25, -0.2) is 9.59 Å². The topological polar surface area (TPSA) is 93.1 Å². The minimum atomic E-state index is -0.703. The summed E-state index contributed by atoms with van der Waals surface area (Å²) < 4.78 is 11.2. The minimum Gasteiger partial charge on any atom is -0.458 e. The number of aliphatic hydroxyl groups is 2. The van der Waals surface area contributed by atoms with Crippen molar-refractivity contribution in [2.45, 2.75) is 52.2 Å². The van der Waals surface area contributed by atoms with Crippen LogP contribution in [-0.2, 0) is 19.1 Å². The van der Waals surface area contributed by atoms with Crippen molar-refractivity contribution in [2.75, 3.05) is 13.2 Å². The highest BCUT2D eigenvalue weighted by molar-refractivity contribution is 5.92. The van der Waals surface area contributed by atoms with Crippen molar-refractivity contribution in [1.29, 1.82) is 0 Å². The van der Waals surface area contributed by atoms with Gasteiger partial charge >= 0.3 is 11.9 Å². The van der Waals surface area contributed by atoms with Gasteiger partial charge in [0.1, 0.15) is 12.2 Å². The molecule has 2 N–H and O–H groups in total. The first-order chi connectivity index (χ1) is 12.3. The molecule has 0 aromatic heterocycles. The lowest BCUT2D eigenvalue weighted by atomic mass is 9.73. The van der Waals surface area contributed by atoms with Gasteiger partial charge in [-0.2, -0.15) is 0 Å². The highest BCUT2D eigenvalue weighted by Crippen LogP contribution is 2.45. The lowest BCUT2D eigenvalue weighted by Crippen LogP contribution is -2.41. The molecule has 0 bridgehead atoms. The van der Waals surface area contributed by atoms with Gasteiger partial charge in [0, 0.05) is 24.2 Å². The standard InChI is InChI=1S/C20H28O6/c1-5-11(2)19(23)26-18-16(12(3)7-6-8-21)14(10-22)9-15-17(18)13(4)20(24)25-15/h5,12,15,17-18,21-22H,4,6-10H2,1-3H3/b11-5-/t12-,15-,17-,18-/m1/s1. The van der Waals surface area contributed by atoms with Crippen molar-refractivity contribution >= 4 is 11.9 Å². The van der Waals surface area contributed by atoms with E-state index in [0.29, 0.717) is 30.4 Å². The molecule has 0 amide bonds. The van der Waals surface area contributed by atoms with Crippen molar-refractivity contribution < 1.29 is 29.3 Å². The summed E-state index contributed by atoms with van der Waals surface area (Å²) in [5.74, 6) is -1.41. The molecule has 26 heavy (non-hydrogen) atoms.